The molecule has 0 bridgehead atoms. The lowest BCUT2D eigenvalue weighted by Gasteiger charge is -2.37. The van der Waals surface area contributed by atoms with Gasteiger partial charge in [-0.05, 0) is 73.6 Å². The van der Waals surface area contributed by atoms with Crippen LogP contribution in [-0.4, -0.2) is 42.7 Å². The average Bonchev–Trinajstić information content (AvgIpc) is 2.96. The Morgan fingerprint density at radius 2 is 1.66 bits per heavy atom. The lowest BCUT2D eigenvalue weighted by molar-refractivity contribution is -0.123. The van der Waals surface area contributed by atoms with Gasteiger partial charge in [0.15, 0.2) is 0 Å². The van der Waals surface area contributed by atoms with E-state index in [9.17, 15) is 13.2 Å². The van der Waals surface area contributed by atoms with Crippen LogP contribution in [0.5, 0.6) is 0 Å². The molecule has 0 saturated heterocycles. The molecule has 1 aliphatic carbocycles. The molecule has 0 spiro atoms. The molecule has 0 aliphatic heterocycles. The number of anilines is 1. The van der Waals surface area contributed by atoms with Crippen molar-refractivity contribution in [1.82, 2.24) is 14.6 Å². The highest BCUT2D eigenvalue weighted by atomic mass is 32.2. The number of sulfonamides is 1. The molecule has 1 aromatic heterocycles. The highest BCUT2D eigenvalue weighted by molar-refractivity contribution is 7.89. The van der Waals surface area contributed by atoms with E-state index in [0.29, 0.717) is 38.0 Å². The summed E-state index contributed by atoms with van der Waals surface area (Å²) in [4.78, 5) is 18.6. The van der Waals surface area contributed by atoms with Gasteiger partial charge in [0.25, 0.3) is 0 Å². The fourth-order valence-electron chi connectivity index (χ4n) is 5.94. The maximum Gasteiger partial charge on any atom is 0.243 e. The lowest BCUT2D eigenvalue weighted by atomic mass is 9.69. The Bertz CT molecular complexity index is 1340. The molecular weight excluding hydrogens is 532 g/mol. The maximum atomic E-state index is 13.7. The Labute approximate surface area is 245 Å². The van der Waals surface area contributed by atoms with Crippen molar-refractivity contribution in [3.8, 4) is 0 Å². The molecule has 41 heavy (non-hydrogen) atoms. The van der Waals surface area contributed by atoms with Gasteiger partial charge in [0.1, 0.15) is 0 Å². The number of nitrogen functional groups attached to an aromatic ring is 1. The SMILES string of the molecule is CC(C)CN(CCC(Cc1ccccc1)NC(=O)CC1(c2ccccn2)CCCCC1)S(=O)(=O)c1ccc(N)cc1. The zero-order valence-corrected chi connectivity index (χ0v) is 25.2. The van der Waals surface area contributed by atoms with Crippen LogP contribution in [0.15, 0.2) is 83.9 Å². The fourth-order valence-corrected chi connectivity index (χ4v) is 7.56. The van der Waals surface area contributed by atoms with Crippen LogP contribution in [0.4, 0.5) is 5.69 Å². The second kappa shape index (κ2) is 14.1. The van der Waals surface area contributed by atoms with E-state index in [2.05, 4.69) is 10.3 Å². The van der Waals surface area contributed by atoms with Crippen LogP contribution in [0.2, 0.25) is 0 Å². The van der Waals surface area contributed by atoms with E-state index in [1.807, 2.05) is 68.6 Å². The number of carbonyl (C=O) groups is 1. The van der Waals surface area contributed by atoms with Crippen molar-refractivity contribution in [2.45, 2.75) is 81.6 Å². The van der Waals surface area contributed by atoms with Crippen LogP contribution in [-0.2, 0) is 26.7 Å². The third-order valence-electron chi connectivity index (χ3n) is 8.02. The number of pyridine rings is 1. The largest absolute Gasteiger partial charge is 0.399 e. The van der Waals surface area contributed by atoms with Gasteiger partial charge in [0.2, 0.25) is 15.9 Å². The quantitative estimate of drug-likeness (QED) is 0.253. The van der Waals surface area contributed by atoms with Gasteiger partial charge < -0.3 is 11.1 Å². The number of benzene rings is 2. The van der Waals surface area contributed by atoms with Gasteiger partial charge in [-0.25, -0.2) is 8.42 Å². The smallest absolute Gasteiger partial charge is 0.243 e. The van der Waals surface area contributed by atoms with Crippen LogP contribution < -0.4 is 11.1 Å². The summed E-state index contributed by atoms with van der Waals surface area (Å²) in [5, 5.41) is 3.31. The van der Waals surface area contributed by atoms with Gasteiger partial charge in [-0.2, -0.15) is 4.31 Å². The van der Waals surface area contributed by atoms with Crippen LogP contribution >= 0.6 is 0 Å². The van der Waals surface area contributed by atoms with Gasteiger partial charge in [-0.3, -0.25) is 9.78 Å². The van der Waals surface area contributed by atoms with Crippen molar-refractivity contribution in [3.05, 3.63) is 90.3 Å². The number of nitrogens with zero attached hydrogens (tertiary/aromatic N) is 2. The molecule has 8 heteroatoms. The van der Waals surface area contributed by atoms with E-state index >= 15 is 0 Å². The Morgan fingerprint density at radius 3 is 2.29 bits per heavy atom. The van der Waals surface area contributed by atoms with Crippen molar-refractivity contribution in [1.29, 1.82) is 0 Å². The number of rotatable bonds is 13. The highest BCUT2D eigenvalue weighted by Gasteiger charge is 2.37. The lowest BCUT2D eigenvalue weighted by Crippen LogP contribution is -2.44. The van der Waals surface area contributed by atoms with Crippen molar-refractivity contribution < 1.29 is 13.2 Å². The zero-order chi connectivity index (χ0) is 29.3. The molecule has 3 aromatic rings. The second-order valence-corrected chi connectivity index (χ2v) is 13.7. The number of nitrogens with one attached hydrogen (secondary N) is 1. The zero-order valence-electron chi connectivity index (χ0n) is 24.3. The summed E-state index contributed by atoms with van der Waals surface area (Å²) in [5.74, 6) is 0.139. The molecule has 1 amide bonds. The molecule has 0 radical (unpaired) electrons. The first-order valence-electron chi connectivity index (χ1n) is 14.8. The number of aromatic nitrogens is 1. The topological polar surface area (TPSA) is 105 Å². The van der Waals surface area contributed by atoms with Crippen LogP contribution in [0.1, 0.15) is 70.1 Å². The number of hydrogen-bond donors (Lipinski definition) is 2. The van der Waals surface area contributed by atoms with Crippen molar-refractivity contribution in [2.24, 2.45) is 5.92 Å². The van der Waals surface area contributed by atoms with E-state index < -0.39 is 10.0 Å². The summed E-state index contributed by atoms with van der Waals surface area (Å²) < 4.78 is 28.8. The second-order valence-electron chi connectivity index (χ2n) is 11.8. The molecule has 1 saturated carbocycles. The standard InChI is InChI=1S/C33H44N4O3S/c1-26(2)25-37(41(39,40)30-16-14-28(34)15-17-30)22-18-29(23-27-11-5-3-6-12-27)36-32(38)24-33(19-8-4-9-20-33)31-13-7-10-21-35-31/h3,5-7,10-17,21,26,29H,4,8-9,18-20,22-25,34H2,1-2H3,(H,36,38). The third-order valence-corrected chi connectivity index (χ3v) is 9.90. The molecular formula is C33H44N4O3S. The molecule has 220 valence electrons. The first-order chi connectivity index (χ1) is 19.7. The Balaban J connectivity index is 1.53. The summed E-state index contributed by atoms with van der Waals surface area (Å²) >= 11 is 0. The minimum Gasteiger partial charge on any atom is -0.399 e. The number of nitrogens with two attached hydrogens (primary N) is 1. The third kappa shape index (κ3) is 8.39. The average molecular weight is 577 g/mol. The minimum absolute atomic E-state index is 0.00437. The number of hydrogen-bond acceptors (Lipinski definition) is 5. The van der Waals surface area contributed by atoms with Crippen LogP contribution in [0.3, 0.4) is 0 Å². The molecule has 1 aliphatic rings. The summed E-state index contributed by atoms with van der Waals surface area (Å²) in [6.45, 7) is 4.71. The molecule has 1 fully saturated rings. The monoisotopic (exact) mass is 576 g/mol. The summed E-state index contributed by atoms with van der Waals surface area (Å²) in [7, 11) is -3.72. The van der Waals surface area contributed by atoms with Gasteiger partial charge >= 0.3 is 0 Å². The van der Waals surface area contributed by atoms with Gasteiger partial charge in [0, 0.05) is 48.5 Å². The first-order valence-corrected chi connectivity index (χ1v) is 16.2. The van der Waals surface area contributed by atoms with E-state index in [1.165, 1.54) is 6.42 Å². The Kier molecular flexibility index (Phi) is 10.6. The van der Waals surface area contributed by atoms with Crippen LogP contribution in [0, 0.1) is 5.92 Å². The van der Waals surface area contributed by atoms with E-state index in [4.69, 9.17) is 5.73 Å². The van der Waals surface area contributed by atoms with Crippen molar-refractivity contribution >= 4 is 21.6 Å². The molecule has 3 N–H and O–H groups in total. The van der Waals surface area contributed by atoms with Gasteiger partial charge in [0.05, 0.1) is 4.90 Å². The van der Waals surface area contributed by atoms with Crippen molar-refractivity contribution in [3.63, 3.8) is 0 Å². The Hall–Kier alpha value is -3.23. The number of amides is 1. The highest BCUT2D eigenvalue weighted by Crippen LogP contribution is 2.41. The van der Waals surface area contributed by atoms with E-state index in [0.717, 1.165) is 36.9 Å². The maximum absolute atomic E-state index is 13.7. The Morgan fingerprint density at radius 1 is 0.976 bits per heavy atom. The summed E-state index contributed by atoms with van der Waals surface area (Å²) in [6, 6.07) is 22.1. The fraction of sp³-hybridized carbons (Fsp3) is 0.455. The molecule has 1 unspecified atom stereocenters. The molecule has 1 heterocycles. The van der Waals surface area contributed by atoms with Crippen LogP contribution in [0.25, 0.3) is 0 Å². The normalized spacial score (nSPS) is 16.0. The van der Waals surface area contributed by atoms with Crippen molar-refractivity contribution in [2.75, 3.05) is 18.8 Å². The summed E-state index contributed by atoms with van der Waals surface area (Å²) in [5.41, 5.74) is 8.16. The molecule has 7 nitrogen and oxygen atoms in total. The van der Waals surface area contributed by atoms with E-state index in [1.54, 1.807) is 28.6 Å². The predicted molar refractivity (Wildman–Crippen MR) is 165 cm³/mol. The molecule has 4 rings (SSSR count). The predicted octanol–water partition coefficient (Wildman–Crippen LogP) is 5.72. The summed E-state index contributed by atoms with van der Waals surface area (Å²) in [6.07, 6.45) is 8.57. The molecule has 2 aromatic carbocycles. The number of carbonyl (C=O) groups excluding carboxylic acids is 1. The first kappa shape index (κ1) is 30.7. The van der Waals surface area contributed by atoms with Gasteiger partial charge in [-0.15, -0.1) is 0 Å². The molecule has 1 atom stereocenters. The van der Waals surface area contributed by atoms with E-state index in [-0.39, 0.29) is 28.2 Å². The minimum atomic E-state index is -3.72. The van der Waals surface area contributed by atoms with Gasteiger partial charge in [-0.1, -0.05) is 69.5 Å².